The lowest BCUT2D eigenvalue weighted by molar-refractivity contribution is -0.118. The minimum Gasteiger partial charge on any atom is -0.496 e. The number of anilines is 2. The third kappa shape index (κ3) is 5.50. The van der Waals surface area contributed by atoms with Crippen LogP contribution in [0.2, 0.25) is 0 Å². The van der Waals surface area contributed by atoms with Gasteiger partial charge in [0.25, 0.3) is 11.8 Å². The lowest BCUT2D eigenvalue weighted by atomic mass is 10.1. The Labute approximate surface area is 195 Å². The van der Waals surface area contributed by atoms with Crippen molar-refractivity contribution in [1.29, 1.82) is 0 Å². The van der Waals surface area contributed by atoms with Gasteiger partial charge in [-0.2, -0.15) is 0 Å². The van der Waals surface area contributed by atoms with E-state index in [9.17, 15) is 18.4 Å². The summed E-state index contributed by atoms with van der Waals surface area (Å²) >= 11 is 0. The van der Waals surface area contributed by atoms with Crippen LogP contribution < -0.4 is 24.8 Å². The fourth-order valence-electron chi connectivity index (χ4n) is 3.06. The lowest BCUT2D eigenvalue weighted by Crippen LogP contribution is -2.26. The number of para-hydroxylation sites is 2. The van der Waals surface area contributed by atoms with Crippen LogP contribution in [0.4, 0.5) is 20.2 Å². The molecule has 0 saturated carbocycles. The molecular weight excluding hydrogens is 446 g/mol. The largest absolute Gasteiger partial charge is 0.496 e. The average Bonchev–Trinajstić information content (AvgIpc) is 2.84. The van der Waals surface area contributed by atoms with Crippen molar-refractivity contribution in [1.82, 2.24) is 0 Å². The van der Waals surface area contributed by atoms with Gasteiger partial charge in [0.2, 0.25) is 0 Å². The Morgan fingerprint density at radius 2 is 1.15 bits per heavy atom. The third-order valence-corrected chi connectivity index (χ3v) is 4.77. The lowest BCUT2D eigenvalue weighted by Gasteiger charge is -2.14. The van der Waals surface area contributed by atoms with E-state index < -0.39 is 29.0 Å². The number of halogens is 2. The second-order valence-electron chi connectivity index (χ2n) is 6.88. The molecule has 9 heteroatoms. The summed E-state index contributed by atoms with van der Waals surface area (Å²) in [5, 5.41) is 4.73. The van der Waals surface area contributed by atoms with Crippen molar-refractivity contribution in [3.8, 4) is 17.2 Å². The van der Waals surface area contributed by atoms with E-state index in [-0.39, 0.29) is 17.1 Å². The van der Waals surface area contributed by atoms with Gasteiger partial charge in [0.05, 0.1) is 32.7 Å². The first-order chi connectivity index (χ1) is 16.4. The number of methoxy groups -OCH3 is 3. The standard InChI is InChI=1S/C25H22F2N2O5/c1-32-21-14-23(34-3)22(33-2)13-15(21)12-16(24(30)28-19-10-6-4-8-17(19)26)25(31)29-20-11-7-5-9-18(20)27/h4-14H,1-3H3,(H,28,30)(H,29,31). The molecule has 0 aliphatic rings. The van der Waals surface area contributed by atoms with Crippen molar-refractivity contribution in [2.75, 3.05) is 32.0 Å². The fraction of sp³-hybridized carbons (Fsp3) is 0.120. The average molecular weight is 468 g/mol. The first-order valence-corrected chi connectivity index (χ1v) is 10.0. The monoisotopic (exact) mass is 468 g/mol. The van der Waals surface area contributed by atoms with Crippen LogP contribution in [0.1, 0.15) is 5.56 Å². The minimum absolute atomic E-state index is 0.128. The van der Waals surface area contributed by atoms with Crippen molar-refractivity contribution < 1.29 is 32.6 Å². The molecule has 0 unspecified atom stereocenters. The Morgan fingerprint density at radius 1 is 0.706 bits per heavy atom. The molecule has 0 spiro atoms. The number of benzene rings is 3. The number of hydrogen-bond acceptors (Lipinski definition) is 5. The molecule has 0 aliphatic heterocycles. The number of carbonyl (C=O) groups is 2. The molecule has 34 heavy (non-hydrogen) atoms. The quantitative estimate of drug-likeness (QED) is 0.286. The Bertz CT molecular complexity index is 1180. The molecule has 0 bridgehead atoms. The molecule has 0 aliphatic carbocycles. The molecule has 0 atom stereocenters. The molecule has 2 amide bonds. The van der Waals surface area contributed by atoms with Crippen LogP contribution in [0.3, 0.4) is 0 Å². The van der Waals surface area contributed by atoms with Crippen LogP contribution >= 0.6 is 0 Å². The Kier molecular flexibility index (Phi) is 7.81. The van der Waals surface area contributed by atoms with Gasteiger partial charge in [-0.1, -0.05) is 24.3 Å². The van der Waals surface area contributed by atoms with E-state index >= 15 is 0 Å². The zero-order valence-electron chi connectivity index (χ0n) is 18.6. The molecular formula is C25H22F2N2O5. The molecule has 2 N–H and O–H groups in total. The van der Waals surface area contributed by atoms with Crippen molar-refractivity contribution >= 4 is 29.3 Å². The van der Waals surface area contributed by atoms with Crippen LogP contribution in [0.5, 0.6) is 17.2 Å². The molecule has 3 aromatic carbocycles. The van der Waals surface area contributed by atoms with Crippen LogP contribution in [-0.2, 0) is 9.59 Å². The number of nitrogens with one attached hydrogen (secondary N) is 2. The normalized spacial score (nSPS) is 10.1. The maximum atomic E-state index is 14.1. The molecule has 0 radical (unpaired) electrons. The van der Waals surface area contributed by atoms with Gasteiger partial charge in [0.1, 0.15) is 23.0 Å². The molecule has 0 saturated heterocycles. The van der Waals surface area contributed by atoms with E-state index in [1.807, 2.05) is 0 Å². The van der Waals surface area contributed by atoms with E-state index in [0.29, 0.717) is 17.1 Å². The summed E-state index contributed by atoms with van der Waals surface area (Å²) < 4.78 is 44.1. The van der Waals surface area contributed by atoms with Gasteiger partial charge in [0.15, 0.2) is 11.5 Å². The van der Waals surface area contributed by atoms with Crippen LogP contribution in [0.25, 0.3) is 6.08 Å². The maximum Gasteiger partial charge on any atom is 0.261 e. The maximum absolute atomic E-state index is 14.1. The van der Waals surface area contributed by atoms with Gasteiger partial charge < -0.3 is 24.8 Å². The first kappa shape index (κ1) is 24.2. The summed E-state index contributed by atoms with van der Waals surface area (Å²) in [5.74, 6) is -2.26. The van der Waals surface area contributed by atoms with E-state index in [4.69, 9.17) is 14.2 Å². The van der Waals surface area contributed by atoms with Gasteiger partial charge in [0, 0.05) is 11.6 Å². The zero-order valence-corrected chi connectivity index (χ0v) is 18.6. The highest BCUT2D eigenvalue weighted by molar-refractivity contribution is 6.29. The highest BCUT2D eigenvalue weighted by atomic mass is 19.1. The highest BCUT2D eigenvalue weighted by Crippen LogP contribution is 2.36. The van der Waals surface area contributed by atoms with Gasteiger partial charge in [-0.15, -0.1) is 0 Å². The predicted molar refractivity (Wildman–Crippen MR) is 124 cm³/mol. The molecule has 3 rings (SSSR count). The summed E-state index contributed by atoms with van der Waals surface area (Å²) in [4.78, 5) is 26.1. The second kappa shape index (κ2) is 11.0. The van der Waals surface area contributed by atoms with Gasteiger partial charge in [-0.05, 0) is 36.4 Å². The number of ether oxygens (including phenoxy) is 3. The van der Waals surface area contributed by atoms with E-state index in [1.54, 1.807) is 0 Å². The number of hydrogen-bond donors (Lipinski definition) is 2. The van der Waals surface area contributed by atoms with Gasteiger partial charge in [-0.25, -0.2) is 8.78 Å². The van der Waals surface area contributed by atoms with Crippen molar-refractivity contribution in [3.05, 3.63) is 83.4 Å². The summed E-state index contributed by atoms with van der Waals surface area (Å²) in [6, 6.07) is 14.0. The first-order valence-electron chi connectivity index (χ1n) is 10.0. The van der Waals surface area contributed by atoms with Crippen molar-refractivity contribution in [2.24, 2.45) is 0 Å². The van der Waals surface area contributed by atoms with Crippen molar-refractivity contribution in [2.45, 2.75) is 0 Å². The zero-order chi connectivity index (χ0) is 24.7. The molecule has 0 heterocycles. The SMILES string of the molecule is COc1cc(OC)c(OC)cc1C=C(C(=O)Nc1ccccc1F)C(=O)Nc1ccccc1F. The number of rotatable bonds is 8. The summed E-state index contributed by atoms with van der Waals surface area (Å²) in [6.45, 7) is 0. The van der Waals surface area contributed by atoms with Gasteiger partial charge >= 0.3 is 0 Å². The molecule has 0 fully saturated rings. The third-order valence-electron chi connectivity index (χ3n) is 4.77. The predicted octanol–water partition coefficient (Wildman–Crippen LogP) is 4.65. The highest BCUT2D eigenvalue weighted by Gasteiger charge is 2.22. The number of amides is 2. The molecule has 7 nitrogen and oxygen atoms in total. The van der Waals surface area contributed by atoms with Crippen molar-refractivity contribution in [3.63, 3.8) is 0 Å². The molecule has 176 valence electrons. The topological polar surface area (TPSA) is 85.9 Å². The summed E-state index contributed by atoms with van der Waals surface area (Å²) in [6.07, 6.45) is 1.23. The Morgan fingerprint density at radius 3 is 1.59 bits per heavy atom. The van der Waals surface area contributed by atoms with Crippen LogP contribution in [-0.4, -0.2) is 33.1 Å². The minimum atomic E-state index is -0.921. The van der Waals surface area contributed by atoms with Crippen LogP contribution in [0.15, 0.2) is 66.2 Å². The molecule has 3 aromatic rings. The Hall–Kier alpha value is -4.40. The summed E-state index contributed by atoms with van der Waals surface area (Å²) in [5.41, 5.74) is -0.396. The van der Waals surface area contributed by atoms with E-state index in [0.717, 1.165) is 12.1 Å². The van der Waals surface area contributed by atoms with E-state index in [1.165, 1.54) is 75.9 Å². The smallest absolute Gasteiger partial charge is 0.261 e. The fourth-order valence-corrected chi connectivity index (χ4v) is 3.06. The van der Waals surface area contributed by atoms with E-state index in [2.05, 4.69) is 10.6 Å². The summed E-state index contributed by atoms with van der Waals surface area (Å²) in [7, 11) is 4.27. The van der Waals surface area contributed by atoms with Crippen LogP contribution in [0, 0.1) is 11.6 Å². The Balaban J connectivity index is 2.08. The number of carbonyl (C=O) groups excluding carboxylic acids is 2. The van der Waals surface area contributed by atoms with Gasteiger partial charge in [-0.3, -0.25) is 9.59 Å². The second-order valence-corrected chi connectivity index (χ2v) is 6.88. The molecule has 0 aromatic heterocycles.